The molecule has 128 valence electrons. The highest BCUT2D eigenvalue weighted by Crippen LogP contribution is 2.31. The molecule has 1 atom stereocenters. The zero-order chi connectivity index (χ0) is 16.4. The summed E-state index contributed by atoms with van der Waals surface area (Å²) in [6.45, 7) is 0.137. The number of alkyl halides is 3. The van der Waals surface area contributed by atoms with Crippen LogP contribution < -0.4 is 11.1 Å². The summed E-state index contributed by atoms with van der Waals surface area (Å²) in [4.78, 5) is 7.43. The number of hydrogen-bond donors (Lipinski definition) is 3. The first-order chi connectivity index (χ1) is 11.0. The van der Waals surface area contributed by atoms with E-state index in [1.807, 2.05) is 24.3 Å². The molecule has 4 N–H and O–H groups in total. The first kappa shape index (κ1) is 18.1. The Morgan fingerprint density at radius 1 is 1.12 bits per heavy atom. The van der Waals surface area contributed by atoms with Gasteiger partial charge in [-0.05, 0) is 29.8 Å². The molecule has 2 aromatic carbocycles. The van der Waals surface area contributed by atoms with Crippen LogP contribution in [0.25, 0.3) is 11.0 Å². The zero-order valence-corrected chi connectivity index (χ0v) is 13.3. The Labute approximate surface area is 142 Å². The maximum atomic E-state index is 12.8. The Balaban J connectivity index is 0.00000208. The van der Waals surface area contributed by atoms with Gasteiger partial charge in [0.25, 0.3) is 0 Å². The Morgan fingerprint density at radius 3 is 2.54 bits per heavy atom. The van der Waals surface area contributed by atoms with Gasteiger partial charge in [0.05, 0.1) is 22.6 Å². The number of fused-ring (bicyclic) bond motifs is 1. The second kappa shape index (κ2) is 7.11. The van der Waals surface area contributed by atoms with Gasteiger partial charge >= 0.3 is 6.18 Å². The predicted octanol–water partition coefficient (Wildman–Crippen LogP) is 4.12. The highest BCUT2D eigenvalue weighted by atomic mass is 35.5. The van der Waals surface area contributed by atoms with E-state index >= 15 is 0 Å². The molecule has 0 spiro atoms. The lowest BCUT2D eigenvalue weighted by atomic mass is 10.0. The van der Waals surface area contributed by atoms with Crippen molar-refractivity contribution in [2.75, 3.05) is 11.9 Å². The molecule has 1 heterocycles. The second-order valence-corrected chi connectivity index (χ2v) is 5.16. The molecule has 0 aliphatic heterocycles. The molecule has 0 amide bonds. The molecule has 0 radical (unpaired) electrons. The molecular weight excluding hydrogens is 341 g/mol. The zero-order valence-electron chi connectivity index (χ0n) is 12.5. The smallest absolute Gasteiger partial charge is 0.348 e. The maximum absolute atomic E-state index is 12.8. The number of hydrogen-bond acceptors (Lipinski definition) is 3. The van der Waals surface area contributed by atoms with Gasteiger partial charge in [-0.1, -0.05) is 24.3 Å². The number of halogens is 4. The molecule has 3 aromatic rings. The third kappa shape index (κ3) is 3.80. The van der Waals surface area contributed by atoms with E-state index in [9.17, 15) is 13.2 Å². The molecule has 8 heteroatoms. The monoisotopic (exact) mass is 356 g/mol. The summed E-state index contributed by atoms with van der Waals surface area (Å²) < 4.78 is 38.5. The number of aromatic amines is 1. The third-order valence-electron chi connectivity index (χ3n) is 3.55. The number of rotatable bonds is 4. The minimum Gasteiger partial charge on any atom is -0.348 e. The Kier molecular flexibility index (Phi) is 5.36. The van der Waals surface area contributed by atoms with E-state index in [0.29, 0.717) is 11.5 Å². The largest absolute Gasteiger partial charge is 0.416 e. The SMILES string of the molecule is Cl.NCC(Nc1nc2ccccc2[nH]1)c1cccc(C(F)(F)F)c1. The van der Waals surface area contributed by atoms with Gasteiger partial charge in [-0.15, -0.1) is 12.4 Å². The van der Waals surface area contributed by atoms with Gasteiger partial charge in [-0.2, -0.15) is 13.2 Å². The number of H-pyrrole nitrogens is 1. The fourth-order valence-corrected chi connectivity index (χ4v) is 2.40. The molecular formula is C16H16ClF3N4. The van der Waals surface area contributed by atoms with Crippen LogP contribution in [0.1, 0.15) is 17.2 Å². The summed E-state index contributed by atoms with van der Waals surface area (Å²) >= 11 is 0. The topological polar surface area (TPSA) is 66.7 Å². The summed E-state index contributed by atoms with van der Waals surface area (Å²) in [5.41, 5.74) is 7.10. The molecule has 24 heavy (non-hydrogen) atoms. The molecule has 0 saturated carbocycles. The van der Waals surface area contributed by atoms with E-state index in [1.165, 1.54) is 6.07 Å². The van der Waals surface area contributed by atoms with Crippen molar-refractivity contribution in [2.45, 2.75) is 12.2 Å². The Morgan fingerprint density at radius 2 is 1.88 bits per heavy atom. The highest BCUT2D eigenvalue weighted by molar-refractivity contribution is 5.85. The number of nitrogens with zero attached hydrogens (tertiary/aromatic N) is 1. The summed E-state index contributed by atoms with van der Waals surface area (Å²) in [7, 11) is 0. The summed E-state index contributed by atoms with van der Waals surface area (Å²) in [5.74, 6) is 0.471. The molecule has 1 unspecified atom stereocenters. The minimum absolute atomic E-state index is 0. The average molecular weight is 357 g/mol. The van der Waals surface area contributed by atoms with Crippen LogP contribution in [0.5, 0.6) is 0 Å². The number of nitrogens with two attached hydrogens (primary N) is 1. The lowest BCUT2D eigenvalue weighted by Crippen LogP contribution is -2.21. The molecule has 0 fully saturated rings. The minimum atomic E-state index is -4.38. The van der Waals surface area contributed by atoms with Crippen molar-refractivity contribution in [2.24, 2.45) is 5.73 Å². The van der Waals surface area contributed by atoms with Crippen LogP contribution >= 0.6 is 12.4 Å². The van der Waals surface area contributed by atoms with Gasteiger partial charge in [0.2, 0.25) is 5.95 Å². The molecule has 3 rings (SSSR count). The normalized spacial score (nSPS) is 12.7. The molecule has 0 bridgehead atoms. The van der Waals surface area contributed by atoms with Crippen molar-refractivity contribution >= 4 is 29.4 Å². The van der Waals surface area contributed by atoms with Gasteiger partial charge in [0.15, 0.2) is 0 Å². The number of anilines is 1. The average Bonchev–Trinajstić information content (AvgIpc) is 2.94. The molecule has 1 aromatic heterocycles. The van der Waals surface area contributed by atoms with Crippen LogP contribution in [0.4, 0.5) is 19.1 Å². The fourth-order valence-electron chi connectivity index (χ4n) is 2.40. The van der Waals surface area contributed by atoms with Crippen molar-refractivity contribution in [1.82, 2.24) is 9.97 Å². The number of imidazole rings is 1. The first-order valence-corrected chi connectivity index (χ1v) is 7.06. The molecule has 0 saturated heterocycles. The summed E-state index contributed by atoms with van der Waals surface area (Å²) in [6, 6.07) is 12.1. The molecule has 4 nitrogen and oxygen atoms in total. The van der Waals surface area contributed by atoms with Gasteiger partial charge < -0.3 is 16.0 Å². The maximum Gasteiger partial charge on any atom is 0.416 e. The van der Waals surface area contributed by atoms with E-state index < -0.39 is 17.8 Å². The second-order valence-electron chi connectivity index (χ2n) is 5.16. The summed E-state index contributed by atoms with van der Waals surface area (Å²) in [6.07, 6.45) is -4.38. The first-order valence-electron chi connectivity index (χ1n) is 7.06. The van der Waals surface area contributed by atoms with Gasteiger partial charge in [-0.3, -0.25) is 0 Å². The van der Waals surface area contributed by atoms with E-state index in [1.54, 1.807) is 6.07 Å². The number of benzene rings is 2. The lowest BCUT2D eigenvalue weighted by molar-refractivity contribution is -0.137. The highest BCUT2D eigenvalue weighted by Gasteiger charge is 2.31. The Bertz CT molecular complexity index is 783. The van der Waals surface area contributed by atoms with Crippen LogP contribution in [-0.4, -0.2) is 16.5 Å². The van der Waals surface area contributed by atoms with Crippen LogP contribution in [0.3, 0.4) is 0 Å². The van der Waals surface area contributed by atoms with Gasteiger partial charge in [-0.25, -0.2) is 4.98 Å². The molecule has 0 aliphatic carbocycles. The van der Waals surface area contributed by atoms with E-state index in [2.05, 4.69) is 15.3 Å². The predicted molar refractivity (Wildman–Crippen MR) is 90.2 cm³/mol. The fraction of sp³-hybridized carbons (Fsp3) is 0.188. The number of para-hydroxylation sites is 2. The van der Waals surface area contributed by atoms with Crippen molar-refractivity contribution in [3.8, 4) is 0 Å². The van der Waals surface area contributed by atoms with Crippen molar-refractivity contribution in [3.05, 3.63) is 59.7 Å². The van der Waals surface area contributed by atoms with Crippen molar-refractivity contribution in [1.29, 1.82) is 0 Å². The summed E-state index contributed by atoms with van der Waals surface area (Å²) in [5, 5.41) is 3.05. The van der Waals surface area contributed by atoms with Gasteiger partial charge in [0.1, 0.15) is 0 Å². The Hall–Kier alpha value is -2.25. The standard InChI is InChI=1S/C16H15F3N4.ClH/c17-16(18,19)11-5-3-4-10(8-11)14(9-20)23-15-21-12-6-1-2-7-13(12)22-15;/h1-8,14H,9,20H2,(H2,21,22,23);1H. The van der Waals surface area contributed by atoms with Crippen LogP contribution in [-0.2, 0) is 6.18 Å². The molecule has 0 aliphatic rings. The lowest BCUT2D eigenvalue weighted by Gasteiger charge is -2.18. The van der Waals surface area contributed by atoms with E-state index in [4.69, 9.17) is 5.73 Å². The van der Waals surface area contributed by atoms with E-state index in [-0.39, 0.29) is 19.0 Å². The van der Waals surface area contributed by atoms with Crippen LogP contribution in [0.15, 0.2) is 48.5 Å². The van der Waals surface area contributed by atoms with Crippen LogP contribution in [0, 0.1) is 0 Å². The van der Waals surface area contributed by atoms with Crippen molar-refractivity contribution in [3.63, 3.8) is 0 Å². The third-order valence-corrected chi connectivity index (χ3v) is 3.55. The van der Waals surface area contributed by atoms with E-state index in [0.717, 1.165) is 23.2 Å². The van der Waals surface area contributed by atoms with Crippen molar-refractivity contribution < 1.29 is 13.2 Å². The number of aromatic nitrogens is 2. The van der Waals surface area contributed by atoms with Gasteiger partial charge in [0, 0.05) is 6.54 Å². The van der Waals surface area contributed by atoms with Crippen LogP contribution in [0.2, 0.25) is 0 Å². The number of nitrogens with one attached hydrogen (secondary N) is 2. The quantitative estimate of drug-likeness (QED) is 0.659.